The molecule has 0 unspecified atom stereocenters. The fraction of sp³-hybridized carbons (Fsp3) is 0.0588. The van der Waals surface area contributed by atoms with Gasteiger partial charge < -0.3 is 15.4 Å². The number of benzene rings is 1. The molecule has 0 aliphatic rings. The van der Waals surface area contributed by atoms with E-state index >= 15 is 0 Å². The zero-order valence-electron chi connectivity index (χ0n) is 13.4. The fourth-order valence-corrected chi connectivity index (χ4v) is 2.44. The Labute approximate surface area is 143 Å². The molecule has 4 rings (SSSR count). The first-order chi connectivity index (χ1) is 12.3. The first kappa shape index (κ1) is 14.9. The minimum Gasteiger partial charge on any atom is -0.494 e. The monoisotopic (exact) mass is 333 g/mol. The van der Waals surface area contributed by atoms with Crippen molar-refractivity contribution in [2.24, 2.45) is 0 Å². The largest absolute Gasteiger partial charge is 0.494 e. The van der Waals surface area contributed by atoms with Crippen LogP contribution in [0.5, 0.6) is 5.75 Å². The predicted octanol–water partition coefficient (Wildman–Crippen LogP) is 3.24. The van der Waals surface area contributed by atoms with Gasteiger partial charge in [-0.05, 0) is 18.2 Å². The van der Waals surface area contributed by atoms with Crippen LogP contribution in [0.2, 0.25) is 0 Å². The Kier molecular flexibility index (Phi) is 3.83. The lowest BCUT2D eigenvalue weighted by molar-refractivity contribution is 0.417. The Morgan fingerprint density at radius 2 is 1.84 bits per heavy atom. The number of hydrogen-bond donors (Lipinski definition) is 3. The van der Waals surface area contributed by atoms with Crippen molar-refractivity contribution in [2.75, 3.05) is 17.7 Å². The van der Waals surface area contributed by atoms with Gasteiger partial charge in [-0.1, -0.05) is 6.07 Å². The van der Waals surface area contributed by atoms with E-state index in [1.807, 2.05) is 30.3 Å². The molecule has 3 N–H and O–H groups in total. The van der Waals surface area contributed by atoms with Crippen molar-refractivity contribution in [2.45, 2.75) is 0 Å². The first-order valence-electron chi connectivity index (χ1n) is 7.60. The van der Waals surface area contributed by atoms with Crippen LogP contribution in [0.15, 0.2) is 55.1 Å². The lowest BCUT2D eigenvalue weighted by Gasteiger charge is -2.11. The molecule has 0 aliphatic carbocycles. The third-order valence-corrected chi connectivity index (χ3v) is 3.61. The van der Waals surface area contributed by atoms with Crippen LogP contribution in [0.25, 0.3) is 10.9 Å². The molecule has 0 amide bonds. The molecule has 25 heavy (non-hydrogen) atoms. The highest BCUT2D eigenvalue weighted by Crippen LogP contribution is 2.31. The van der Waals surface area contributed by atoms with Crippen LogP contribution in [0.4, 0.5) is 23.1 Å². The molecule has 8 nitrogen and oxygen atoms in total. The summed E-state index contributed by atoms with van der Waals surface area (Å²) in [6, 6.07) is 11.3. The van der Waals surface area contributed by atoms with Crippen molar-refractivity contribution in [3.63, 3.8) is 0 Å². The SMILES string of the molecule is COc1cc2[nH]ncc2cc1Nc1cc(Nc2ccccn2)ncn1. The maximum atomic E-state index is 5.44. The van der Waals surface area contributed by atoms with Crippen LogP contribution in [0, 0.1) is 0 Å². The van der Waals surface area contributed by atoms with Crippen molar-refractivity contribution in [1.82, 2.24) is 25.1 Å². The third kappa shape index (κ3) is 3.18. The van der Waals surface area contributed by atoms with Crippen molar-refractivity contribution in [1.29, 1.82) is 0 Å². The highest BCUT2D eigenvalue weighted by atomic mass is 16.5. The Morgan fingerprint density at radius 3 is 2.64 bits per heavy atom. The minimum absolute atomic E-state index is 0.634. The van der Waals surface area contributed by atoms with Crippen LogP contribution in [-0.2, 0) is 0 Å². The van der Waals surface area contributed by atoms with E-state index in [-0.39, 0.29) is 0 Å². The smallest absolute Gasteiger partial charge is 0.144 e. The van der Waals surface area contributed by atoms with Gasteiger partial charge in [0.1, 0.15) is 29.5 Å². The average Bonchev–Trinajstić information content (AvgIpc) is 3.09. The molecular formula is C17H15N7O. The second kappa shape index (κ2) is 6.44. The zero-order valence-corrected chi connectivity index (χ0v) is 13.4. The summed E-state index contributed by atoms with van der Waals surface area (Å²) in [6.45, 7) is 0. The van der Waals surface area contributed by atoms with E-state index in [0.29, 0.717) is 23.2 Å². The molecule has 4 aromatic rings. The van der Waals surface area contributed by atoms with E-state index in [0.717, 1.165) is 16.6 Å². The third-order valence-electron chi connectivity index (χ3n) is 3.61. The number of aromatic amines is 1. The second-order valence-corrected chi connectivity index (χ2v) is 5.26. The van der Waals surface area contributed by atoms with Gasteiger partial charge in [0.15, 0.2) is 0 Å². The Bertz CT molecular complexity index is 1000. The van der Waals surface area contributed by atoms with Gasteiger partial charge in [-0.3, -0.25) is 5.10 Å². The normalized spacial score (nSPS) is 10.6. The van der Waals surface area contributed by atoms with Gasteiger partial charge in [-0.2, -0.15) is 5.10 Å². The molecule has 0 fully saturated rings. The maximum absolute atomic E-state index is 5.44. The van der Waals surface area contributed by atoms with E-state index in [9.17, 15) is 0 Å². The van der Waals surface area contributed by atoms with Crippen LogP contribution in [0.3, 0.4) is 0 Å². The number of fused-ring (bicyclic) bond motifs is 1. The number of aromatic nitrogens is 5. The summed E-state index contributed by atoms with van der Waals surface area (Å²) in [7, 11) is 1.62. The number of anilines is 4. The number of hydrogen-bond acceptors (Lipinski definition) is 7. The molecule has 0 atom stereocenters. The molecule has 0 aliphatic heterocycles. The fourth-order valence-electron chi connectivity index (χ4n) is 2.44. The molecule has 8 heteroatoms. The lowest BCUT2D eigenvalue weighted by Crippen LogP contribution is -2.00. The Balaban J connectivity index is 1.61. The number of pyridine rings is 1. The van der Waals surface area contributed by atoms with E-state index in [2.05, 4.69) is 35.8 Å². The zero-order chi connectivity index (χ0) is 17.1. The number of H-pyrrole nitrogens is 1. The van der Waals surface area contributed by atoms with E-state index in [4.69, 9.17) is 4.74 Å². The van der Waals surface area contributed by atoms with E-state index < -0.39 is 0 Å². The summed E-state index contributed by atoms with van der Waals surface area (Å²) in [4.78, 5) is 12.7. The highest BCUT2D eigenvalue weighted by molar-refractivity contribution is 5.86. The summed E-state index contributed by atoms with van der Waals surface area (Å²) in [5.41, 5.74) is 1.70. The first-order valence-corrected chi connectivity index (χ1v) is 7.60. The van der Waals surface area contributed by atoms with Gasteiger partial charge in [0.25, 0.3) is 0 Å². The van der Waals surface area contributed by atoms with Crippen molar-refractivity contribution < 1.29 is 4.74 Å². The van der Waals surface area contributed by atoms with Gasteiger partial charge in [0, 0.05) is 23.7 Å². The van der Waals surface area contributed by atoms with Gasteiger partial charge in [0.05, 0.1) is 24.5 Å². The van der Waals surface area contributed by atoms with Gasteiger partial charge >= 0.3 is 0 Å². The molecule has 3 aromatic heterocycles. The molecule has 0 saturated carbocycles. The molecule has 0 radical (unpaired) electrons. The molecule has 0 bridgehead atoms. The standard InChI is InChI=1S/C17H15N7O/c1-25-14-7-12-11(9-21-24-12)6-13(14)22-16-8-17(20-10-19-16)23-15-4-2-3-5-18-15/h2-10H,1H3,(H,21,24)(H2,18,19,20,22,23). The molecule has 1 aromatic carbocycles. The van der Waals surface area contributed by atoms with Gasteiger partial charge in [-0.15, -0.1) is 0 Å². The number of rotatable bonds is 5. The topological polar surface area (TPSA) is 101 Å². The molecular weight excluding hydrogens is 318 g/mol. The van der Waals surface area contributed by atoms with Crippen LogP contribution in [-0.4, -0.2) is 32.3 Å². The number of nitrogens with zero attached hydrogens (tertiary/aromatic N) is 4. The number of ether oxygens (including phenoxy) is 1. The molecule has 0 saturated heterocycles. The van der Waals surface area contributed by atoms with Gasteiger partial charge in [0.2, 0.25) is 0 Å². The van der Waals surface area contributed by atoms with Crippen molar-refractivity contribution in [3.8, 4) is 5.75 Å². The van der Waals surface area contributed by atoms with Gasteiger partial charge in [-0.25, -0.2) is 15.0 Å². The van der Waals surface area contributed by atoms with Crippen molar-refractivity contribution >= 4 is 34.0 Å². The molecule has 0 spiro atoms. The number of nitrogens with one attached hydrogen (secondary N) is 3. The summed E-state index contributed by atoms with van der Waals surface area (Å²) >= 11 is 0. The minimum atomic E-state index is 0.634. The molecule has 124 valence electrons. The maximum Gasteiger partial charge on any atom is 0.144 e. The quantitative estimate of drug-likeness (QED) is 0.515. The summed E-state index contributed by atoms with van der Waals surface area (Å²) in [6.07, 6.45) is 4.96. The van der Waals surface area contributed by atoms with Crippen molar-refractivity contribution in [3.05, 3.63) is 55.1 Å². The summed E-state index contributed by atoms with van der Waals surface area (Å²) in [5, 5.41) is 14.3. The number of methoxy groups -OCH3 is 1. The van der Waals surface area contributed by atoms with Crippen LogP contribution < -0.4 is 15.4 Å². The van der Waals surface area contributed by atoms with Crippen LogP contribution in [0.1, 0.15) is 0 Å². The second-order valence-electron chi connectivity index (χ2n) is 5.26. The van der Waals surface area contributed by atoms with E-state index in [1.165, 1.54) is 6.33 Å². The summed E-state index contributed by atoms with van der Waals surface area (Å²) in [5.74, 6) is 2.67. The lowest BCUT2D eigenvalue weighted by atomic mass is 10.2. The summed E-state index contributed by atoms with van der Waals surface area (Å²) < 4.78 is 5.44. The average molecular weight is 333 g/mol. The van der Waals surface area contributed by atoms with E-state index in [1.54, 1.807) is 25.6 Å². The Morgan fingerprint density at radius 1 is 0.960 bits per heavy atom. The highest BCUT2D eigenvalue weighted by Gasteiger charge is 2.09. The Hall–Kier alpha value is -3.68. The predicted molar refractivity (Wildman–Crippen MR) is 95.5 cm³/mol. The molecule has 3 heterocycles. The van der Waals surface area contributed by atoms with Crippen LogP contribution >= 0.6 is 0 Å².